The largest absolute Gasteiger partial charge is 0.491 e. The average molecular weight is 455 g/mol. The van der Waals surface area contributed by atoms with Gasteiger partial charge < -0.3 is 14.6 Å². The summed E-state index contributed by atoms with van der Waals surface area (Å²) in [6.45, 7) is 5.26. The Labute approximate surface area is 179 Å². The van der Waals surface area contributed by atoms with E-state index >= 15 is 0 Å². The number of carbonyl (C=O) groups excluding carboxylic acids is 1. The van der Waals surface area contributed by atoms with E-state index in [4.69, 9.17) is 4.52 Å². The van der Waals surface area contributed by atoms with E-state index in [1.807, 2.05) is 0 Å². The Kier molecular flexibility index (Phi) is 5.89. The number of alkyl halides is 3. The predicted molar refractivity (Wildman–Crippen MR) is 104 cm³/mol. The molecule has 3 aromatic rings. The third-order valence-corrected chi connectivity index (χ3v) is 5.32. The van der Waals surface area contributed by atoms with Crippen molar-refractivity contribution in [2.24, 2.45) is 5.92 Å². The molecule has 1 aliphatic rings. The molecular formula is C20H21F4N5O3. The smallest absolute Gasteiger partial charge is 0.419 e. The minimum atomic E-state index is -5.20. The Morgan fingerprint density at radius 1 is 1.31 bits per heavy atom. The number of nitrogens with one attached hydrogen (secondary N) is 1. The molecule has 0 atom stereocenters. The molecule has 32 heavy (non-hydrogen) atoms. The molecule has 1 saturated heterocycles. The van der Waals surface area contributed by atoms with Crippen LogP contribution in [0.4, 0.5) is 17.6 Å². The van der Waals surface area contributed by atoms with Gasteiger partial charge in [0.1, 0.15) is 17.1 Å². The summed E-state index contributed by atoms with van der Waals surface area (Å²) < 4.78 is 64.0. The highest BCUT2D eigenvalue weighted by molar-refractivity contribution is 5.92. The fraction of sp³-hybridized carbons (Fsp3) is 0.500. The lowest BCUT2D eigenvalue weighted by Gasteiger charge is -2.20. The summed E-state index contributed by atoms with van der Waals surface area (Å²) in [5.74, 6) is -3.28. The predicted octanol–water partition coefficient (Wildman–Crippen LogP) is 3.68. The van der Waals surface area contributed by atoms with Crippen LogP contribution in [0.25, 0.3) is 16.9 Å². The molecule has 12 heteroatoms. The zero-order valence-corrected chi connectivity index (χ0v) is 17.4. The number of rotatable bonds is 5. The molecule has 0 radical (unpaired) electrons. The van der Waals surface area contributed by atoms with Crippen molar-refractivity contribution >= 4 is 16.9 Å². The van der Waals surface area contributed by atoms with Crippen LogP contribution in [-0.2, 0) is 11.2 Å². The Hall–Kier alpha value is -3.02. The monoisotopic (exact) mass is 455 g/mol. The Bertz CT molecular complexity index is 1130. The van der Waals surface area contributed by atoms with E-state index in [1.54, 1.807) is 13.8 Å². The van der Waals surface area contributed by atoms with Crippen molar-refractivity contribution < 1.29 is 31.6 Å². The number of carbonyl (C=O) groups is 1. The minimum absolute atomic E-state index is 0.0518. The number of ether oxygens (including phenoxy) is 1. The maximum atomic E-state index is 14.8. The molecule has 1 aromatic carbocycles. The van der Waals surface area contributed by atoms with Crippen molar-refractivity contribution in [1.29, 1.82) is 0 Å². The highest BCUT2D eigenvalue weighted by Gasteiger charge is 2.42. The first-order valence-electron chi connectivity index (χ1n) is 10.2. The molecule has 3 heterocycles. The van der Waals surface area contributed by atoms with Crippen LogP contribution in [0.5, 0.6) is 5.75 Å². The number of benzene rings is 1. The molecule has 0 saturated carbocycles. The fourth-order valence-corrected chi connectivity index (χ4v) is 3.75. The highest BCUT2D eigenvalue weighted by Crippen LogP contribution is 2.36. The number of nitrogens with zero attached hydrogens (tertiary/aromatic N) is 4. The van der Waals surface area contributed by atoms with Crippen molar-refractivity contribution in [1.82, 2.24) is 25.2 Å². The van der Waals surface area contributed by atoms with E-state index in [9.17, 15) is 22.4 Å². The molecule has 1 aliphatic heterocycles. The van der Waals surface area contributed by atoms with E-state index < -0.39 is 23.7 Å². The third-order valence-electron chi connectivity index (χ3n) is 5.32. The van der Waals surface area contributed by atoms with Crippen molar-refractivity contribution in [3.63, 3.8) is 0 Å². The highest BCUT2D eigenvalue weighted by atomic mass is 19.4. The molecule has 4 rings (SSSR count). The number of hydrogen-bond donors (Lipinski definition) is 1. The van der Waals surface area contributed by atoms with Crippen LogP contribution in [0.1, 0.15) is 44.2 Å². The number of halogens is 4. The molecule has 2 aromatic heterocycles. The summed E-state index contributed by atoms with van der Waals surface area (Å²) in [7, 11) is 0. The van der Waals surface area contributed by atoms with Gasteiger partial charge in [0.2, 0.25) is 5.89 Å². The van der Waals surface area contributed by atoms with E-state index in [-0.39, 0.29) is 28.5 Å². The van der Waals surface area contributed by atoms with Gasteiger partial charge >= 0.3 is 12.1 Å². The van der Waals surface area contributed by atoms with Crippen molar-refractivity contribution in [2.45, 2.75) is 45.2 Å². The van der Waals surface area contributed by atoms with Crippen molar-refractivity contribution in [3.05, 3.63) is 29.5 Å². The van der Waals surface area contributed by atoms with Crippen LogP contribution >= 0.6 is 0 Å². The lowest BCUT2D eigenvalue weighted by Crippen LogP contribution is -2.28. The summed E-state index contributed by atoms with van der Waals surface area (Å²) in [5.41, 5.74) is 0.0320. The van der Waals surface area contributed by atoms with Crippen LogP contribution in [0.15, 0.2) is 16.7 Å². The Morgan fingerprint density at radius 2 is 2.03 bits per heavy atom. The van der Waals surface area contributed by atoms with Gasteiger partial charge in [-0.1, -0.05) is 13.8 Å². The average Bonchev–Trinajstić information content (AvgIpc) is 3.35. The summed E-state index contributed by atoms with van der Waals surface area (Å²) >= 11 is 0. The van der Waals surface area contributed by atoms with Crippen LogP contribution < -0.4 is 10.1 Å². The maximum Gasteiger partial charge on any atom is 0.491 e. The van der Waals surface area contributed by atoms with E-state index in [0.29, 0.717) is 18.2 Å². The lowest BCUT2D eigenvalue weighted by molar-refractivity contribution is -0.189. The molecule has 0 amide bonds. The molecule has 0 spiro atoms. The van der Waals surface area contributed by atoms with Crippen LogP contribution in [0, 0.1) is 11.7 Å². The maximum absolute atomic E-state index is 14.8. The molecular weight excluding hydrogens is 434 g/mol. The number of piperidine rings is 1. The molecule has 0 unspecified atom stereocenters. The van der Waals surface area contributed by atoms with E-state index in [0.717, 1.165) is 42.7 Å². The SMILES string of the molecule is CC(C)c1nn(-c2noc(CC3CCNCC3)n2)c2c(F)ccc(OC(=O)C(F)(F)F)c12. The van der Waals surface area contributed by atoms with Gasteiger partial charge in [-0.15, -0.1) is 0 Å². The Balaban J connectivity index is 1.76. The summed E-state index contributed by atoms with van der Waals surface area (Å²) in [6, 6.07) is 1.87. The van der Waals surface area contributed by atoms with Gasteiger partial charge in [-0.05, 0) is 55.1 Å². The van der Waals surface area contributed by atoms with Gasteiger partial charge in [-0.3, -0.25) is 0 Å². The van der Waals surface area contributed by atoms with Crippen molar-refractivity contribution in [3.8, 4) is 11.7 Å². The third kappa shape index (κ3) is 4.31. The van der Waals surface area contributed by atoms with Gasteiger partial charge in [0, 0.05) is 6.42 Å². The second-order valence-electron chi connectivity index (χ2n) is 7.99. The molecule has 0 aliphatic carbocycles. The van der Waals surface area contributed by atoms with Gasteiger partial charge in [0.25, 0.3) is 5.95 Å². The lowest BCUT2D eigenvalue weighted by atomic mass is 9.95. The second-order valence-corrected chi connectivity index (χ2v) is 7.99. The Morgan fingerprint density at radius 3 is 2.69 bits per heavy atom. The van der Waals surface area contributed by atoms with Crippen LogP contribution in [0.2, 0.25) is 0 Å². The number of hydrogen-bond acceptors (Lipinski definition) is 7. The summed E-state index contributed by atoms with van der Waals surface area (Å²) in [6.07, 6.45) is -2.72. The molecule has 0 bridgehead atoms. The first-order valence-corrected chi connectivity index (χ1v) is 10.2. The van der Waals surface area contributed by atoms with Gasteiger partial charge in [-0.25, -0.2) is 9.18 Å². The zero-order valence-electron chi connectivity index (χ0n) is 17.4. The van der Waals surface area contributed by atoms with E-state index in [2.05, 4.69) is 25.3 Å². The standard InChI is InChI=1S/C20H21F4N5O3/c1-10(2)16-15-13(31-18(30)20(22,23)24)4-3-12(21)17(15)29(27-16)19-26-14(32-28-19)9-11-5-7-25-8-6-11/h3-4,10-11,25H,5-9H2,1-2H3. The minimum Gasteiger partial charge on any atom is -0.419 e. The van der Waals surface area contributed by atoms with Crippen LogP contribution in [0.3, 0.4) is 0 Å². The topological polar surface area (TPSA) is 95.1 Å². The summed E-state index contributed by atoms with van der Waals surface area (Å²) in [5, 5.41) is 11.4. The fourth-order valence-electron chi connectivity index (χ4n) is 3.75. The van der Waals surface area contributed by atoms with Crippen molar-refractivity contribution in [2.75, 3.05) is 13.1 Å². The molecule has 1 fully saturated rings. The van der Waals surface area contributed by atoms with Crippen LogP contribution in [-0.4, -0.2) is 45.2 Å². The first kappa shape index (κ1) is 22.2. The number of fused-ring (bicyclic) bond motifs is 1. The van der Waals surface area contributed by atoms with Gasteiger partial charge in [0.05, 0.1) is 11.1 Å². The number of esters is 1. The van der Waals surface area contributed by atoms with Gasteiger partial charge in [0.15, 0.2) is 0 Å². The second kappa shape index (κ2) is 8.49. The normalized spacial score (nSPS) is 15.6. The molecule has 1 N–H and O–H groups in total. The van der Waals surface area contributed by atoms with Gasteiger partial charge in [-0.2, -0.15) is 27.9 Å². The first-order chi connectivity index (χ1) is 15.1. The van der Waals surface area contributed by atoms with E-state index in [1.165, 1.54) is 0 Å². The quantitative estimate of drug-likeness (QED) is 0.356. The zero-order chi connectivity index (χ0) is 23.0. The molecule has 8 nitrogen and oxygen atoms in total. The summed E-state index contributed by atoms with van der Waals surface area (Å²) in [4.78, 5) is 15.7. The number of aromatic nitrogens is 4. The molecule has 172 valence electrons.